The fourth-order valence-corrected chi connectivity index (χ4v) is 6.05. The highest BCUT2D eigenvalue weighted by atomic mass is 32.1. The Bertz CT molecular complexity index is 1880. The lowest BCUT2D eigenvalue weighted by molar-refractivity contribution is 0.103. The van der Waals surface area contributed by atoms with Gasteiger partial charge in [0.1, 0.15) is 21.5 Å². The van der Waals surface area contributed by atoms with Crippen molar-refractivity contribution < 1.29 is 13.9 Å². The summed E-state index contributed by atoms with van der Waals surface area (Å²) in [6.07, 6.45) is 1.30. The van der Waals surface area contributed by atoms with Gasteiger partial charge in [-0.15, -0.1) is 10.2 Å². The SMILES string of the molecule is Cc1oc(-c2ccccc2)nc1CCOc1ccc(C[C@H](Nc2ccccc2C(=O)c2ccccc2)c2nnc(C(C)C)s2)cc1. The van der Waals surface area contributed by atoms with Gasteiger partial charge in [-0.2, -0.15) is 0 Å². The molecule has 1 atom stereocenters. The van der Waals surface area contributed by atoms with E-state index in [2.05, 4.69) is 46.5 Å². The van der Waals surface area contributed by atoms with Crippen LogP contribution in [-0.4, -0.2) is 27.6 Å². The molecule has 8 heteroatoms. The molecular weight excluding hydrogens is 593 g/mol. The molecule has 0 radical (unpaired) electrons. The van der Waals surface area contributed by atoms with Gasteiger partial charge in [-0.3, -0.25) is 4.79 Å². The Morgan fingerprint density at radius 1 is 0.848 bits per heavy atom. The number of oxazole rings is 1. The van der Waals surface area contributed by atoms with E-state index in [0.29, 0.717) is 36.5 Å². The molecule has 2 heterocycles. The number of nitrogens with zero attached hydrogens (tertiary/aromatic N) is 3. The van der Waals surface area contributed by atoms with Crippen molar-refractivity contribution in [2.24, 2.45) is 0 Å². The van der Waals surface area contributed by atoms with Crippen LogP contribution >= 0.6 is 11.3 Å². The summed E-state index contributed by atoms with van der Waals surface area (Å²) in [7, 11) is 0. The van der Waals surface area contributed by atoms with Gasteiger partial charge in [-0.05, 0) is 55.3 Å². The summed E-state index contributed by atoms with van der Waals surface area (Å²) < 4.78 is 12.0. The van der Waals surface area contributed by atoms with Crippen molar-refractivity contribution in [1.82, 2.24) is 15.2 Å². The Morgan fingerprint density at radius 2 is 1.52 bits per heavy atom. The Labute approximate surface area is 273 Å². The quantitative estimate of drug-likeness (QED) is 0.128. The van der Waals surface area contributed by atoms with Crippen molar-refractivity contribution in [3.8, 4) is 17.2 Å². The Kier molecular flexibility index (Phi) is 9.65. The molecule has 1 N–H and O–H groups in total. The highest BCUT2D eigenvalue weighted by molar-refractivity contribution is 7.11. The minimum atomic E-state index is -0.185. The van der Waals surface area contributed by atoms with Crippen LogP contribution in [0.5, 0.6) is 5.75 Å². The van der Waals surface area contributed by atoms with Gasteiger partial charge in [0.15, 0.2) is 5.78 Å². The van der Waals surface area contributed by atoms with Crippen LogP contribution in [0.3, 0.4) is 0 Å². The lowest BCUT2D eigenvalue weighted by Crippen LogP contribution is -2.16. The largest absolute Gasteiger partial charge is 0.493 e. The van der Waals surface area contributed by atoms with E-state index in [1.807, 2.05) is 104 Å². The van der Waals surface area contributed by atoms with E-state index in [1.165, 1.54) is 0 Å². The lowest BCUT2D eigenvalue weighted by Gasteiger charge is -2.20. The maximum atomic E-state index is 13.4. The topological polar surface area (TPSA) is 90.1 Å². The maximum absolute atomic E-state index is 13.4. The highest BCUT2D eigenvalue weighted by Gasteiger charge is 2.22. The van der Waals surface area contributed by atoms with Crippen molar-refractivity contribution in [2.75, 3.05) is 11.9 Å². The molecule has 46 heavy (non-hydrogen) atoms. The molecule has 6 rings (SSSR count). The molecule has 0 unspecified atom stereocenters. The van der Waals surface area contributed by atoms with Gasteiger partial charge in [0.2, 0.25) is 5.89 Å². The molecule has 2 aromatic heterocycles. The summed E-state index contributed by atoms with van der Waals surface area (Å²) >= 11 is 1.60. The number of aromatic nitrogens is 3. The zero-order chi connectivity index (χ0) is 31.9. The summed E-state index contributed by atoms with van der Waals surface area (Å²) in [5, 5.41) is 14.5. The molecule has 0 aliphatic rings. The number of benzene rings is 4. The molecule has 0 bridgehead atoms. The average molecular weight is 629 g/mol. The van der Waals surface area contributed by atoms with Crippen LogP contribution in [-0.2, 0) is 12.8 Å². The second-order valence-corrected chi connectivity index (χ2v) is 12.4. The van der Waals surface area contributed by atoms with Crippen molar-refractivity contribution >= 4 is 22.8 Å². The van der Waals surface area contributed by atoms with Gasteiger partial charge in [0, 0.05) is 34.7 Å². The van der Waals surface area contributed by atoms with Gasteiger partial charge in [-0.25, -0.2) is 4.98 Å². The number of anilines is 1. The molecule has 0 aliphatic heterocycles. The first kappa shape index (κ1) is 30.9. The zero-order valence-corrected chi connectivity index (χ0v) is 27.0. The standard InChI is InChI=1S/C38H36N4O3S/c1-25(2)37-41-42-38(46-37)34(39-33-17-11-10-16-31(33)35(43)28-12-6-4-7-13-28)24-27-18-20-30(21-19-27)44-23-22-32-26(3)45-36(40-32)29-14-8-5-9-15-29/h4-21,25,34,39H,22-24H2,1-3H3/t34-/m0/s1. The molecular formula is C38H36N4O3S. The molecule has 6 aromatic rings. The molecule has 0 saturated heterocycles. The number of hydrogen-bond acceptors (Lipinski definition) is 8. The van der Waals surface area contributed by atoms with Crippen LogP contribution < -0.4 is 10.1 Å². The minimum absolute atomic E-state index is 0.0267. The van der Waals surface area contributed by atoms with E-state index in [-0.39, 0.29) is 17.7 Å². The first-order valence-electron chi connectivity index (χ1n) is 15.5. The summed E-state index contributed by atoms with van der Waals surface area (Å²) in [6, 6.07) is 34.8. The number of hydrogen-bond donors (Lipinski definition) is 1. The van der Waals surface area contributed by atoms with Crippen molar-refractivity contribution in [1.29, 1.82) is 0 Å². The molecule has 232 valence electrons. The summed E-state index contributed by atoms with van der Waals surface area (Å²) in [5.41, 5.74) is 5.00. The summed E-state index contributed by atoms with van der Waals surface area (Å²) in [5.74, 6) is 2.47. The van der Waals surface area contributed by atoms with Crippen LogP contribution in [0, 0.1) is 6.92 Å². The van der Waals surface area contributed by atoms with E-state index >= 15 is 0 Å². The van der Waals surface area contributed by atoms with E-state index in [1.54, 1.807) is 11.3 Å². The summed E-state index contributed by atoms with van der Waals surface area (Å²) in [6.45, 7) is 6.66. The van der Waals surface area contributed by atoms with Crippen LogP contribution in [0.1, 0.15) is 68.8 Å². The second kappa shape index (κ2) is 14.3. The van der Waals surface area contributed by atoms with E-state index in [9.17, 15) is 4.79 Å². The normalized spacial score (nSPS) is 11.8. The first-order valence-corrected chi connectivity index (χ1v) is 16.3. The predicted molar refractivity (Wildman–Crippen MR) is 183 cm³/mol. The van der Waals surface area contributed by atoms with Crippen LogP contribution in [0.2, 0.25) is 0 Å². The number of carbonyl (C=O) groups excluding carboxylic acids is 1. The smallest absolute Gasteiger partial charge is 0.226 e. The van der Waals surface area contributed by atoms with E-state index in [0.717, 1.165) is 44.0 Å². The average Bonchev–Trinajstić information content (AvgIpc) is 3.74. The van der Waals surface area contributed by atoms with Crippen LogP contribution in [0.15, 0.2) is 114 Å². The molecule has 7 nitrogen and oxygen atoms in total. The van der Waals surface area contributed by atoms with Gasteiger partial charge in [-0.1, -0.05) is 98.0 Å². The molecule has 4 aromatic carbocycles. The van der Waals surface area contributed by atoms with Crippen molar-refractivity contribution in [2.45, 2.75) is 45.6 Å². The summed E-state index contributed by atoms with van der Waals surface area (Å²) in [4.78, 5) is 18.1. The number of carbonyl (C=O) groups is 1. The Morgan fingerprint density at radius 3 is 2.24 bits per heavy atom. The number of aryl methyl sites for hydroxylation is 1. The number of nitrogens with one attached hydrogen (secondary N) is 1. The molecule has 0 fully saturated rings. The second-order valence-electron chi connectivity index (χ2n) is 11.4. The third kappa shape index (κ3) is 7.41. The van der Waals surface area contributed by atoms with Crippen molar-refractivity contribution in [3.05, 3.63) is 147 Å². The number of ketones is 1. The fraction of sp³-hybridized carbons (Fsp3) is 0.211. The third-order valence-electron chi connectivity index (χ3n) is 7.67. The number of rotatable bonds is 13. The Balaban J connectivity index is 1.15. The number of para-hydroxylation sites is 1. The number of ether oxygens (including phenoxy) is 1. The van der Waals surface area contributed by atoms with Crippen LogP contribution in [0.25, 0.3) is 11.5 Å². The predicted octanol–water partition coefficient (Wildman–Crippen LogP) is 8.87. The van der Waals surface area contributed by atoms with Gasteiger partial charge < -0.3 is 14.5 Å². The third-order valence-corrected chi connectivity index (χ3v) is 9.01. The minimum Gasteiger partial charge on any atom is -0.493 e. The first-order chi connectivity index (χ1) is 22.4. The Hall–Kier alpha value is -5.08. The van der Waals surface area contributed by atoms with Gasteiger partial charge in [0.25, 0.3) is 0 Å². The van der Waals surface area contributed by atoms with Crippen molar-refractivity contribution in [3.63, 3.8) is 0 Å². The highest BCUT2D eigenvalue weighted by Crippen LogP contribution is 2.31. The zero-order valence-electron chi connectivity index (χ0n) is 26.1. The van der Waals surface area contributed by atoms with E-state index < -0.39 is 0 Å². The lowest BCUT2D eigenvalue weighted by atomic mass is 10.00. The molecule has 0 amide bonds. The molecule has 0 saturated carbocycles. The molecule has 0 aliphatic carbocycles. The van der Waals surface area contributed by atoms with Crippen LogP contribution in [0.4, 0.5) is 5.69 Å². The van der Waals surface area contributed by atoms with Gasteiger partial charge in [0.05, 0.1) is 18.3 Å². The monoisotopic (exact) mass is 628 g/mol. The fourth-order valence-electron chi connectivity index (χ4n) is 5.15. The maximum Gasteiger partial charge on any atom is 0.226 e. The van der Waals surface area contributed by atoms with Gasteiger partial charge >= 0.3 is 0 Å². The van der Waals surface area contributed by atoms with E-state index in [4.69, 9.17) is 9.15 Å². The molecule has 0 spiro atoms.